The molecule has 0 spiro atoms. The Hall–Kier alpha value is -1.50. The molecule has 2 heterocycles. The first-order chi connectivity index (χ1) is 10.2. The first-order valence-electron chi connectivity index (χ1n) is 7.26. The minimum Gasteiger partial charge on any atom is -0.462 e. The zero-order chi connectivity index (χ0) is 14.7. The van der Waals surface area contributed by atoms with Crippen LogP contribution in [0.25, 0.3) is 0 Å². The molecule has 1 aromatic carbocycles. The Morgan fingerprint density at radius 1 is 1.24 bits per heavy atom. The summed E-state index contributed by atoms with van der Waals surface area (Å²) in [5, 5.41) is 0. The lowest BCUT2D eigenvalue weighted by atomic mass is 9.95. The van der Waals surface area contributed by atoms with Crippen LogP contribution in [0, 0.1) is 11.7 Å². The summed E-state index contributed by atoms with van der Waals surface area (Å²) in [5.74, 6) is -0.807. The molecule has 2 saturated heterocycles. The first-order valence-corrected chi connectivity index (χ1v) is 7.26. The molecule has 0 bridgehead atoms. The third-order valence-corrected chi connectivity index (χ3v) is 3.96. The van der Waals surface area contributed by atoms with Crippen LogP contribution in [0.2, 0.25) is 0 Å². The average Bonchev–Trinajstić information content (AvgIpc) is 2.98. The Labute approximate surface area is 122 Å². The third-order valence-electron chi connectivity index (χ3n) is 3.96. The summed E-state index contributed by atoms with van der Waals surface area (Å²) in [6.07, 6.45) is 1.45. The van der Waals surface area contributed by atoms with Crippen molar-refractivity contribution in [2.45, 2.75) is 25.0 Å². The van der Waals surface area contributed by atoms with Crippen LogP contribution in [-0.4, -0.2) is 31.8 Å². The SMILES string of the molecule is O=C(OC1CCOCC1)C1CNNC1c1ccc(F)cc1. The molecule has 0 radical (unpaired) electrons. The summed E-state index contributed by atoms with van der Waals surface area (Å²) in [6, 6.07) is 5.98. The minimum absolute atomic E-state index is 0.0549. The van der Waals surface area contributed by atoms with Crippen LogP contribution in [0.5, 0.6) is 0 Å². The molecule has 5 nitrogen and oxygen atoms in total. The number of hydrogen-bond acceptors (Lipinski definition) is 5. The van der Waals surface area contributed by atoms with Gasteiger partial charge in [0.2, 0.25) is 0 Å². The second kappa shape index (κ2) is 6.51. The zero-order valence-electron chi connectivity index (χ0n) is 11.7. The van der Waals surface area contributed by atoms with Gasteiger partial charge in [-0.05, 0) is 17.7 Å². The summed E-state index contributed by atoms with van der Waals surface area (Å²) >= 11 is 0. The third kappa shape index (κ3) is 3.40. The van der Waals surface area contributed by atoms with Gasteiger partial charge in [0.1, 0.15) is 11.9 Å². The Morgan fingerprint density at radius 3 is 2.67 bits per heavy atom. The number of benzene rings is 1. The molecule has 2 aliphatic rings. The number of carbonyl (C=O) groups excluding carboxylic acids is 1. The van der Waals surface area contributed by atoms with Gasteiger partial charge < -0.3 is 9.47 Å². The van der Waals surface area contributed by atoms with E-state index in [0.29, 0.717) is 19.8 Å². The lowest BCUT2D eigenvalue weighted by Crippen LogP contribution is -2.32. The van der Waals surface area contributed by atoms with Gasteiger partial charge in [0.25, 0.3) is 0 Å². The Morgan fingerprint density at radius 2 is 1.95 bits per heavy atom. The smallest absolute Gasteiger partial charge is 0.312 e. The number of ether oxygens (including phenoxy) is 2. The fourth-order valence-electron chi connectivity index (χ4n) is 2.75. The number of hydrogen-bond donors (Lipinski definition) is 2. The lowest BCUT2D eigenvalue weighted by Gasteiger charge is -2.25. The highest BCUT2D eigenvalue weighted by Gasteiger charge is 2.36. The maximum atomic E-state index is 13.0. The summed E-state index contributed by atoms with van der Waals surface area (Å²) in [6.45, 7) is 1.78. The van der Waals surface area contributed by atoms with E-state index < -0.39 is 0 Å². The number of halogens is 1. The van der Waals surface area contributed by atoms with Gasteiger partial charge in [0, 0.05) is 19.4 Å². The van der Waals surface area contributed by atoms with E-state index in [1.54, 1.807) is 12.1 Å². The summed E-state index contributed by atoms with van der Waals surface area (Å²) < 4.78 is 23.8. The number of hydrazine groups is 1. The van der Waals surface area contributed by atoms with E-state index in [1.165, 1.54) is 12.1 Å². The van der Waals surface area contributed by atoms with Crippen LogP contribution in [0.15, 0.2) is 24.3 Å². The molecule has 2 N–H and O–H groups in total. The van der Waals surface area contributed by atoms with E-state index in [0.717, 1.165) is 18.4 Å². The van der Waals surface area contributed by atoms with Crippen LogP contribution < -0.4 is 10.9 Å². The monoisotopic (exact) mass is 294 g/mol. The van der Waals surface area contributed by atoms with E-state index in [2.05, 4.69) is 10.9 Å². The Kier molecular flexibility index (Phi) is 4.48. The summed E-state index contributed by atoms with van der Waals surface area (Å²) in [7, 11) is 0. The van der Waals surface area contributed by atoms with Gasteiger partial charge in [-0.15, -0.1) is 0 Å². The van der Waals surface area contributed by atoms with Crippen LogP contribution in [0.4, 0.5) is 4.39 Å². The Balaban J connectivity index is 1.65. The van der Waals surface area contributed by atoms with E-state index in [1.807, 2.05) is 0 Å². The van der Waals surface area contributed by atoms with Crippen molar-refractivity contribution in [1.82, 2.24) is 10.9 Å². The molecule has 6 heteroatoms. The van der Waals surface area contributed by atoms with Gasteiger partial charge in [-0.1, -0.05) is 12.1 Å². The molecule has 0 aromatic heterocycles. The second-order valence-corrected chi connectivity index (χ2v) is 5.41. The van der Waals surface area contributed by atoms with Crippen molar-refractivity contribution in [1.29, 1.82) is 0 Å². The highest BCUT2D eigenvalue weighted by Crippen LogP contribution is 2.27. The molecule has 2 fully saturated rings. The standard InChI is InChI=1S/C15H19FN2O3/c16-11-3-1-10(2-4-11)14-13(9-17-18-14)15(19)21-12-5-7-20-8-6-12/h1-4,12-14,17-18H,5-9H2. The molecule has 0 aliphatic carbocycles. The van der Waals surface area contributed by atoms with Gasteiger partial charge >= 0.3 is 5.97 Å². The van der Waals surface area contributed by atoms with Gasteiger partial charge in [0.15, 0.2) is 0 Å². The quantitative estimate of drug-likeness (QED) is 0.823. The van der Waals surface area contributed by atoms with Crippen LogP contribution in [-0.2, 0) is 14.3 Å². The number of esters is 1. The van der Waals surface area contributed by atoms with Crippen molar-refractivity contribution in [3.8, 4) is 0 Å². The lowest BCUT2D eigenvalue weighted by molar-refractivity contribution is -0.158. The average molecular weight is 294 g/mol. The molecule has 114 valence electrons. The molecular weight excluding hydrogens is 275 g/mol. The molecule has 2 unspecified atom stereocenters. The first kappa shape index (κ1) is 14.4. The van der Waals surface area contributed by atoms with Gasteiger partial charge in [-0.3, -0.25) is 10.2 Å². The molecule has 2 atom stereocenters. The number of rotatable bonds is 3. The van der Waals surface area contributed by atoms with E-state index in [-0.39, 0.29) is 29.9 Å². The van der Waals surface area contributed by atoms with Gasteiger partial charge in [-0.2, -0.15) is 0 Å². The predicted octanol–water partition coefficient (Wildman–Crippen LogP) is 1.31. The maximum Gasteiger partial charge on any atom is 0.312 e. The van der Waals surface area contributed by atoms with Crippen molar-refractivity contribution in [3.63, 3.8) is 0 Å². The van der Waals surface area contributed by atoms with E-state index in [9.17, 15) is 9.18 Å². The molecular formula is C15H19FN2O3. The second-order valence-electron chi connectivity index (χ2n) is 5.41. The highest BCUT2D eigenvalue weighted by atomic mass is 19.1. The zero-order valence-corrected chi connectivity index (χ0v) is 11.7. The van der Waals surface area contributed by atoms with E-state index in [4.69, 9.17) is 9.47 Å². The normalized spacial score (nSPS) is 26.7. The Bertz CT molecular complexity index is 488. The molecule has 0 saturated carbocycles. The number of carbonyl (C=O) groups is 1. The van der Waals surface area contributed by atoms with Crippen molar-refractivity contribution >= 4 is 5.97 Å². The molecule has 1 aromatic rings. The van der Waals surface area contributed by atoms with Crippen LogP contribution in [0.3, 0.4) is 0 Å². The summed E-state index contributed by atoms with van der Waals surface area (Å²) in [4.78, 5) is 12.3. The summed E-state index contributed by atoms with van der Waals surface area (Å²) in [5.41, 5.74) is 6.92. The topological polar surface area (TPSA) is 59.6 Å². The van der Waals surface area contributed by atoms with Crippen LogP contribution >= 0.6 is 0 Å². The fourth-order valence-corrected chi connectivity index (χ4v) is 2.75. The van der Waals surface area contributed by atoms with Crippen molar-refractivity contribution in [2.24, 2.45) is 5.92 Å². The van der Waals surface area contributed by atoms with Gasteiger partial charge in [-0.25, -0.2) is 9.82 Å². The van der Waals surface area contributed by atoms with Gasteiger partial charge in [0.05, 0.1) is 25.2 Å². The fraction of sp³-hybridized carbons (Fsp3) is 0.533. The molecule has 2 aliphatic heterocycles. The van der Waals surface area contributed by atoms with Crippen molar-refractivity contribution in [2.75, 3.05) is 19.8 Å². The number of nitrogens with one attached hydrogen (secondary N) is 2. The molecule has 3 rings (SSSR count). The van der Waals surface area contributed by atoms with Crippen molar-refractivity contribution < 1.29 is 18.7 Å². The molecule has 21 heavy (non-hydrogen) atoms. The molecule has 0 amide bonds. The minimum atomic E-state index is -0.307. The van der Waals surface area contributed by atoms with E-state index >= 15 is 0 Å². The predicted molar refractivity (Wildman–Crippen MR) is 73.7 cm³/mol. The largest absolute Gasteiger partial charge is 0.462 e. The highest BCUT2D eigenvalue weighted by molar-refractivity contribution is 5.74. The van der Waals surface area contributed by atoms with Crippen LogP contribution in [0.1, 0.15) is 24.4 Å². The maximum absolute atomic E-state index is 13.0. The van der Waals surface area contributed by atoms with Crippen molar-refractivity contribution in [3.05, 3.63) is 35.6 Å².